The van der Waals surface area contributed by atoms with Gasteiger partial charge in [0.25, 0.3) is 0 Å². The summed E-state index contributed by atoms with van der Waals surface area (Å²) in [5.74, 6) is 0. The summed E-state index contributed by atoms with van der Waals surface area (Å²) in [5, 5.41) is 0. The Balaban J connectivity index is 0. The van der Waals surface area contributed by atoms with Crippen LogP contribution in [0, 0.1) is 0 Å². The number of thiol groups is 1. The van der Waals surface area contributed by atoms with Crippen LogP contribution in [-0.2, 0) is 9.13 Å². The summed E-state index contributed by atoms with van der Waals surface area (Å²) in [6.07, 6.45) is 0. The van der Waals surface area contributed by atoms with Crippen molar-refractivity contribution in [3.05, 3.63) is 0 Å². The van der Waals surface area contributed by atoms with Crippen molar-refractivity contribution < 1.29 is 9.13 Å². The summed E-state index contributed by atoms with van der Waals surface area (Å²) in [5.41, 5.74) is 0. The van der Waals surface area contributed by atoms with Gasteiger partial charge in [0.05, 0.1) is 0 Å². The molecule has 0 N–H and O–H groups in total. The van der Waals surface area contributed by atoms with Crippen molar-refractivity contribution in [2.45, 2.75) is 0 Å². The van der Waals surface area contributed by atoms with Crippen LogP contribution in [0.4, 0.5) is 0 Å². The van der Waals surface area contributed by atoms with Crippen molar-refractivity contribution >= 4 is 38.0 Å². The van der Waals surface area contributed by atoms with Gasteiger partial charge in [-0.15, -0.1) is 0 Å². The van der Waals surface area contributed by atoms with E-state index in [0.29, 0.717) is 0 Å². The molecular formula is H2LiO2PS. The Morgan fingerprint density at radius 2 is 1.40 bits per heavy atom. The van der Waals surface area contributed by atoms with Gasteiger partial charge in [-0.1, -0.05) is 0 Å². The molecule has 0 atom stereocenters. The molecule has 0 aromatic rings. The second-order valence-electron chi connectivity index (χ2n) is 0.238. The predicted molar refractivity (Wildman–Crippen MR) is 24.4 cm³/mol. The van der Waals surface area contributed by atoms with Gasteiger partial charge in [-0.3, -0.25) is 0 Å². The summed E-state index contributed by atoms with van der Waals surface area (Å²) in [4.78, 5) is 0. The van der Waals surface area contributed by atoms with Crippen molar-refractivity contribution in [2.24, 2.45) is 0 Å². The summed E-state index contributed by atoms with van der Waals surface area (Å²) in [6, 6.07) is 0. The molecule has 0 aliphatic rings. The van der Waals surface area contributed by atoms with Crippen LogP contribution < -0.4 is 0 Å². The first-order valence-corrected chi connectivity index (χ1v) is 2.90. The maximum atomic E-state index is 8.90. The average Bonchev–Trinajstić information content (AvgIpc) is 0.811. The van der Waals surface area contributed by atoms with Crippen LogP contribution in [-0.4, -0.2) is 18.9 Å². The molecule has 0 aliphatic heterocycles. The van der Waals surface area contributed by atoms with Gasteiger partial charge >= 0.3 is 25.7 Å². The fourth-order valence-electron chi connectivity index (χ4n) is 0. The molecule has 0 amide bonds. The molecule has 0 saturated heterocycles. The molecule has 0 aromatic heterocycles. The Hall–Kier alpha value is 0.847. The van der Waals surface area contributed by atoms with Crippen molar-refractivity contribution in [1.82, 2.24) is 0 Å². The van der Waals surface area contributed by atoms with E-state index in [1.807, 2.05) is 0 Å². The zero-order valence-corrected chi connectivity index (χ0v) is 3.50. The van der Waals surface area contributed by atoms with E-state index in [2.05, 4.69) is 12.2 Å². The van der Waals surface area contributed by atoms with Crippen LogP contribution in [0.15, 0.2) is 0 Å². The van der Waals surface area contributed by atoms with Crippen LogP contribution >= 0.6 is 19.1 Å². The Labute approximate surface area is 47.5 Å². The predicted octanol–water partition coefficient (Wildman–Crippen LogP) is 0.356. The Bertz CT molecular complexity index is 58.0. The molecule has 0 aromatic carbocycles. The molecule has 0 heterocycles. The van der Waals surface area contributed by atoms with E-state index >= 15 is 0 Å². The second kappa shape index (κ2) is 4.85. The zero-order chi connectivity index (χ0) is 3.58. The topological polar surface area (TPSA) is 34.1 Å². The van der Waals surface area contributed by atoms with Crippen LogP contribution in [0.5, 0.6) is 0 Å². The van der Waals surface area contributed by atoms with Gasteiger partial charge in [-0.25, -0.2) is 9.13 Å². The molecule has 5 heavy (non-hydrogen) atoms. The van der Waals surface area contributed by atoms with Crippen LogP contribution in [0.3, 0.4) is 0 Å². The molecule has 2 nitrogen and oxygen atoms in total. The first-order chi connectivity index (χ1) is 1.73. The third kappa shape index (κ3) is 54.7. The van der Waals surface area contributed by atoms with Gasteiger partial charge in [-0.2, -0.15) is 0 Å². The molecule has 0 bridgehead atoms. The number of hydrogen-bond acceptors (Lipinski definition) is 2. The normalized spacial score (nSPS) is 5.00. The summed E-state index contributed by atoms with van der Waals surface area (Å²) in [6.45, 7) is -2.43. The fourth-order valence-corrected chi connectivity index (χ4v) is 0. The molecule has 5 heteroatoms. The second-order valence-corrected chi connectivity index (χ2v) is 1.69. The van der Waals surface area contributed by atoms with E-state index < -0.39 is 6.88 Å². The van der Waals surface area contributed by atoms with Crippen molar-refractivity contribution in [3.63, 3.8) is 0 Å². The summed E-state index contributed by atoms with van der Waals surface area (Å²) in [7, 11) is 0. The van der Waals surface area contributed by atoms with Crippen molar-refractivity contribution in [2.75, 3.05) is 0 Å². The van der Waals surface area contributed by atoms with Gasteiger partial charge in [0, 0.05) is 0 Å². The monoisotopic (exact) mass is 104 g/mol. The molecular weight excluding hydrogens is 102 g/mol. The van der Waals surface area contributed by atoms with Gasteiger partial charge in [0.15, 0.2) is 0 Å². The summed E-state index contributed by atoms with van der Waals surface area (Å²) >= 11 is 2.92. The zero-order valence-electron chi connectivity index (χ0n) is 1.71. The molecule has 0 aliphatic carbocycles. The molecule has 0 saturated carbocycles. The third-order valence-electron chi connectivity index (χ3n) is 0. The van der Waals surface area contributed by atoms with E-state index in [0.717, 1.165) is 0 Å². The van der Waals surface area contributed by atoms with Crippen LogP contribution in [0.1, 0.15) is 0 Å². The van der Waals surface area contributed by atoms with Gasteiger partial charge in [-0.05, 0) is 12.2 Å². The van der Waals surface area contributed by atoms with E-state index in [1.54, 1.807) is 0 Å². The van der Waals surface area contributed by atoms with E-state index in [1.165, 1.54) is 0 Å². The first kappa shape index (κ1) is 9.28. The van der Waals surface area contributed by atoms with E-state index in [9.17, 15) is 0 Å². The van der Waals surface area contributed by atoms with E-state index in [-0.39, 0.29) is 18.9 Å². The van der Waals surface area contributed by atoms with Crippen LogP contribution in [0.25, 0.3) is 0 Å². The summed E-state index contributed by atoms with van der Waals surface area (Å²) < 4.78 is 17.8. The minimum absolute atomic E-state index is 0. The minimum atomic E-state index is -2.43. The quantitative estimate of drug-likeness (QED) is 0.273. The fraction of sp³-hybridized carbons (Fsp3) is 0. The Kier molecular flexibility index (Phi) is 9.00. The Morgan fingerprint density at radius 3 is 1.40 bits per heavy atom. The van der Waals surface area contributed by atoms with Crippen molar-refractivity contribution in [3.8, 4) is 0 Å². The standard InChI is InChI=1S/Li.HO2PS.H/c;1-3(2)4;/h;(H,1,2,4);. The average molecular weight is 104 g/mol. The third-order valence-corrected chi connectivity index (χ3v) is 0. The van der Waals surface area contributed by atoms with Crippen LogP contribution in [0.2, 0.25) is 0 Å². The maximum absolute atomic E-state index is 8.90. The van der Waals surface area contributed by atoms with Gasteiger partial charge in [0.2, 0.25) is 0 Å². The number of rotatable bonds is 0. The van der Waals surface area contributed by atoms with Gasteiger partial charge < -0.3 is 0 Å². The molecule has 26 valence electrons. The Morgan fingerprint density at radius 1 is 1.40 bits per heavy atom. The molecule has 0 fully saturated rings. The van der Waals surface area contributed by atoms with Crippen molar-refractivity contribution in [1.29, 1.82) is 0 Å². The van der Waals surface area contributed by atoms with Gasteiger partial charge in [0.1, 0.15) is 0 Å². The molecule has 0 unspecified atom stereocenters. The number of hydrogen-bond donors (Lipinski definition) is 1. The first-order valence-electron chi connectivity index (χ1n) is 0.565. The molecule has 0 radical (unpaired) electrons. The molecule has 0 rings (SSSR count). The van der Waals surface area contributed by atoms with E-state index in [4.69, 9.17) is 9.13 Å². The SMILES string of the molecule is O=P(=O)S.[LiH]. The molecule has 0 spiro atoms.